The van der Waals surface area contributed by atoms with Crippen LogP contribution >= 0.6 is 0 Å². The lowest BCUT2D eigenvalue weighted by atomic mass is 10.0. The maximum Gasteiger partial charge on any atom is 0.244 e. The number of amides is 1. The lowest BCUT2D eigenvalue weighted by Crippen LogP contribution is -2.40. The highest BCUT2D eigenvalue weighted by atomic mass is 32.2. The van der Waals surface area contributed by atoms with Crippen LogP contribution in [0.3, 0.4) is 0 Å². The van der Waals surface area contributed by atoms with Gasteiger partial charge in [-0.05, 0) is 67.6 Å². The lowest BCUT2D eigenvalue weighted by Gasteiger charge is -2.24. The van der Waals surface area contributed by atoms with Crippen LogP contribution in [0.4, 0.5) is 4.39 Å². The number of nitrogens with one attached hydrogen (secondary N) is 1. The van der Waals surface area contributed by atoms with Crippen molar-refractivity contribution in [2.24, 2.45) is 0 Å². The van der Waals surface area contributed by atoms with Crippen LogP contribution in [0.1, 0.15) is 34.7 Å². The Bertz CT molecular complexity index is 944. The predicted molar refractivity (Wildman–Crippen MR) is 108 cm³/mol. The van der Waals surface area contributed by atoms with E-state index < -0.39 is 15.9 Å². The molecule has 2 rings (SSSR count). The van der Waals surface area contributed by atoms with Gasteiger partial charge in [0.15, 0.2) is 0 Å². The van der Waals surface area contributed by atoms with E-state index in [1.807, 2.05) is 19.9 Å². The highest BCUT2D eigenvalue weighted by molar-refractivity contribution is 7.89. The van der Waals surface area contributed by atoms with E-state index in [1.54, 1.807) is 32.9 Å². The van der Waals surface area contributed by atoms with Crippen LogP contribution in [0, 0.1) is 33.5 Å². The van der Waals surface area contributed by atoms with Gasteiger partial charge in [0.1, 0.15) is 5.82 Å². The van der Waals surface area contributed by atoms with Crippen molar-refractivity contribution in [3.05, 3.63) is 64.0 Å². The van der Waals surface area contributed by atoms with E-state index in [0.29, 0.717) is 11.1 Å². The topological polar surface area (TPSA) is 66.5 Å². The lowest BCUT2D eigenvalue weighted by molar-refractivity contribution is -0.121. The van der Waals surface area contributed by atoms with Crippen LogP contribution < -0.4 is 5.32 Å². The second-order valence-electron chi connectivity index (χ2n) is 6.92. The first-order valence-electron chi connectivity index (χ1n) is 9.16. The van der Waals surface area contributed by atoms with Crippen LogP contribution in [0.15, 0.2) is 35.2 Å². The largest absolute Gasteiger partial charge is 0.351 e. The van der Waals surface area contributed by atoms with E-state index in [0.717, 1.165) is 16.7 Å². The van der Waals surface area contributed by atoms with Gasteiger partial charge in [0.25, 0.3) is 0 Å². The minimum absolute atomic E-state index is 0.179. The first-order chi connectivity index (χ1) is 13.1. The maximum atomic E-state index is 13.3. The summed E-state index contributed by atoms with van der Waals surface area (Å²) >= 11 is 0. The average molecular weight is 407 g/mol. The fourth-order valence-electron chi connectivity index (χ4n) is 3.08. The van der Waals surface area contributed by atoms with E-state index in [4.69, 9.17) is 0 Å². The molecule has 0 unspecified atom stereocenters. The van der Waals surface area contributed by atoms with Crippen molar-refractivity contribution in [2.75, 3.05) is 13.1 Å². The summed E-state index contributed by atoms with van der Waals surface area (Å²) in [6.45, 7) is 9.16. The van der Waals surface area contributed by atoms with Gasteiger partial charge in [-0.3, -0.25) is 4.79 Å². The summed E-state index contributed by atoms with van der Waals surface area (Å²) in [4.78, 5) is 12.6. The predicted octanol–water partition coefficient (Wildman–Crippen LogP) is 3.39. The molecular weight excluding hydrogens is 379 g/mol. The summed E-state index contributed by atoms with van der Waals surface area (Å²) in [6.07, 6.45) is 0. The number of hydrogen-bond acceptors (Lipinski definition) is 3. The van der Waals surface area contributed by atoms with Crippen LogP contribution in [0.5, 0.6) is 0 Å². The fourth-order valence-corrected chi connectivity index (χ4v) is 5.06. The summed E-state index contributed by atoms with van der Waals surface area (Å²) in [5, 5.41) is 2.69. The van der Waals surface area contributed by atoms with Gasteiger partial charge in [0.05, 0.1) is 11.4 Å². The van der Waals surface area contributed by atoms with Gasteiger partial charge in [0, 0.05) is 13.1 Å². The molecular formula is C21H27FN2O3S. The third kappa shape index (κ3) is 4.77. The fraction of sp³-hybridized carbons (Fsp3) is 0.381. The minimum atomic E-state index is -3.82. The second-order valence-corrected chi connectivity index (χ2v) is 8.80. The molecule has 0 aliphatic carbocycles. The zero-order valence-corrected chi connectivity index (χ0v) is 17.8. The van der Waals surface area contributed by atoms with Crippen LogP contribution in [-0.2, 0) is 21.4 Å². The van der Waals surface area contributed by atoms with Crippen LogP contribution in [0.2, 0.25) is 0 Å². The monoisotopic (exact) mass is 406 g/mol. The van der Waals surface area contributed by atoms with Crippen molar-refractivity contribution in [1.82, 2.24) is 9.62 Å². The van der Waals surface area contributed by atoms with E-state index >= 15 is 0 Å². The number of benzene rings is 2. The van der Waals surface area contributed by atoms with Crippen LogP contribution in [0.25, 0.3) is 0 Å². The molecule has 28 heavy (non-hydrogen) atoms. The minimum Gasteiger partial charge on any atom is -0.351 e. The number of sulfonamides is 1. The van der Waals surface area contributed by atoms with Gasteiger partial charge >= 0.3 is 0 Å². The SMILES string of the molecule is CCN(CC(=O)NCc1ccc(F)cc1)S(=O)(=O)c1c(C)c(C)cc(C)c1C. The average Bonchev–Trinajstić information content (AvgIpc) is 2.64. The molecule has 7 heteroatoms. The Labute approximate surface area is 166 Å². The Balaban J connectivity index is 2.20. The summed E-state index contributed by atoms with van der Waals surface area (Å²) in [6, 6.07) is 7.75. The molecule has 0 spiro atoms. The number of rotatable bonds is 7. The Morgan fingerprint density at radius 3 is 2.07 bits per heavy atom. The molecule has 0 atom stereocenters. The molecule has 0 aliphatic rings. The summed E-state index contributed by atoms with van der Waals surface area (Å²) in [7, 11) is -3.82. The number of hydrogen-bond donors (Lipinski definition) is 1. The van der Waals surface area contributed by atoms with Gasteiger partial charge in [-0.1, -0.05) is 25.1 Å². The summed E-state index contributed by atoms with van der Waals surface area (Å²) in [5.41, 5.74) is 3.94. The van der Waals surface area contributed by atoms with E-state index in [1.165, 1.54) is 16.4 Å². The van der Waals surface area contributed by atoms with Gasteiger partial charge in [0.2, 0.25) is 15.9 Å². The number of carbonyl (C=O) groups is 1. The number of likely N-dealkylation sites (N-methyl/N-ethyl adjacent to an activating group) is 1. The van der Waals surface area contributed by atoms with Crippen LogP contribution in [-0.4, -0.2) is 31.7 Å². The van der Waals surface area contributed by atoms with Crippen molar-refractivity contribution in [3.8, 4) is 0 Å². The Morgan fingerprint density at radius 2 is 1.57 bits per heavy atom. The number of halogens is 1. The molecule has 1 N–H and O–H groups in total. The molecule has 0 bridgehead atoms. The third-order valence-corrected chi connectivity index (χ3v) is 7.17. The molecule has 0 aliphatic heterocycles. The van der Waals surface area contributed by atoms with Crippen molar-refractivity contribution in [1.29, 1.82) is 0 Å². The molecule has 152 valence electrons. The Kier molecular flexibility index (Phi) is 6.96. The highest BCUT2D eigenvalue weighted by Crippen LogP contribution is 2.28. The first-order valence-corrected chi connectivity index (χ1v) is 10.6. The van der Waals surface area contributed by atoms with Gasteiger partial charge in [-0.2, -0.15) is 4.31 Å². The molecule has 0 aromatic heterocycles. The standard InChI is InChI=1S/C21H27FN2O3S/c1-6-24(13-20(25)23-12-18-7-9-19(22)10-8-18)28(26,27)21-16(4)14(2)11-15(3)17(21)5/h7-11H,6,12-13H2,1-5H3,(H,23,25). The highest BCUT2D eigenvalue weighted by Gasteiger charge is 2.29. The molecule has 1 amide bonds. The second kappa shape index (κ2) is 8.84. The Morgan fingerprint density at radius 1 is 1.04 bits per heavy atom. The van der Waals surface area contributed by atoms with Crippen molar-refractivity contribution in [3.63, 3.8) is 0 Å². The molecule has 5 nitrogen and oxygen atoms in total. The van der Waals surface area contributed by atoms with E-state index in [2.05, 4.69) is 5.32 Å². The normalized spacial score (nSPS) is 11.7. The summed E-state index contributed by atoms with van der Waals surface area (Å²) < 4.78 is 40.7. The number of carbonyl (C=O) groups excluding carboxylic acids is 1. The van der Waals surface area contributed by atoms with E-state index in [9.17, 15) is 17.6 Å². The zero-order valence-electron chi connectivity index (χ0n) is 17.0. The summed E-state index contributed by atoms with van der Waals surface area (Å²) in [5.74, 6) is -0.757. The Hall–Kier alpha value is -2.25. The van der Waals surface area contributed by atoms with Crippen molar-refractivity contribution >= 4 is 15.9 Å². The quantitative estimate of drug-likeness (QED) is 0.767. The molecule has 0 heterocycles. The van der Waals surface area contributed by atoms with Gasteiger partial charge in [-0.25, -0.2) is 12.8 Å². The van der Waals surface area contributed by atoms with Crippen molar-refractivity contribution < 1.29 is 17.6 Å². The molecule has 0 saturated carbocycles. The van der Waals surface area contributed by atoms with E-state index in [-0.39, 0.29) is 30.3 Å². The molecule has 0 saturated heterocycles. The number of nitrogens with zero attached hydrogens (tertiary/aromatic N) is 1. The first kappa shape index (κ1) is 22.0. The van der Waals surface area contributed by atoms with Gasteiger partial charge in [-0.15, -0.1) is 0 Å². The molecule has 0 fully saturated rings. The maximum absolute atomic E-state index is 13.3. The smallest absolute Gasteiger partial charge is 0.244 e. The molecule has 2 aromatic carbocycles. The number of aryl methyl sites for hydroxylation is 2. The third-order valence-electron chi connectivity index (χ3n) is 4.97. The van der Waals surface area contributed by atoms with Gasteiger partial charge < -0.3 is 5.32 Å². The molecule has 2 aromatic rings. The molecule has 0 radical (unpaired) electrons. The van der Waals surface area contributed by atoms with Crippen molar-refractivity contribution in [2.45, 2.75) is 46.1 Å². The zero-order chi connectivity index (χ0) is 21.1.